The molecule has 5 nitrogen and oxygen atoms in total. The quantitative estimate of drug-likeness (QED) is 0.868. The number of carboxylic acids is 1. The summed E-state index contributed by atoms with van der Waals surface area (Å²) in [6.07, 6.45) is 2.13. The van der Waals surface area contributed by atoms with Crippen LogP contribution >= 0.6 is 11.3 Å². The topological polar surface area (TPSA) is 76.0 Å². The van der Waals surface area contributed by atoms with Gasteiger partial charge in [0.15, 0.2) is 5.79 Å². The minimum Gasteiger partial charge on any atom is -0.478 e. The van der Waals surface area contributed by atoms with Crippen molar-refractivity contribution in [3.8, 4) is 0 Å². The lowest BCUT2D eigenvalue weighted by molar-refractivity contribution is -0.203. The molecule has 104 valence electrons. The maximum absolute atomic E-state index is 11.2. The Kier molecular flexibility index (Phi) is 3.13. The SMILES string of the molecule is O=C(O)c1ccsc1C1(O)CCC2(CC1)OCCO2. The summed E-state index contributed by atoms with van der Waals surface area (Å²) in [6.45, 7) is 1.19. The van der Waals surface area contributed by atoms with Crippen LogP contribution in [-0.2, 0) is 15.1 Å². The number of aliphatic hydroxyl groups is 1. The van der Waals surface area contributed by atoms with E-state index in [1.807, 2.05) is 0 Å². The van der Waals surface area contributed by atoms with E-state index in [1.54, 1.807) is 11.4 Å². The Labute approximate surface area is 114 Å². The van der Waals surface area contributed by atoms with Crippen molar-refractivity contribution in [3.05, 3.63) is 21.9 Å². The molecular formula is C13H16O5S. The van der Waals surface area contributed by atoms with Gasteiger partial charge in [-0.2, -0.15) is 0 Å². The molecule has 0 aromatic carbocycles. The molecule has 0 atom stereocenters. The Morgan fingerprint density at radius 2 is 1.84 bits per heavy atom. The Morgan fingerprint density at radius 3 is 2.42 bits per heavy atom. The number of aromatic carboxylic acids is 1. The van der Waals surface area contributed by atoms with E-state index in [0.29, 0.717) is 43.8 Å². The lowest BCUT2D eigenvalue weighted by Gasteiger charge is -2.40. The third-order valence-corrected chi connectivity index (χ3v) is 5.08. The summed E-state index contributed by atoms with van der Waals surface area (Å²) in [7, 11) is 0. The molecule has 1 saturated heterocycles. The molecule has 2 heterocycles. The van der Waals surface area contributed by atoms with Gasteiger partial charge in [-0.05, 0) is 24.3 Å². The summed E-state index contributed by atoms with van der Waals surface area (Å²) >= 11 is 1.30. The van der Waals surface area contributed by atoms with Crippen molar-refractivity contribution in [2.75, 3.05) is 13.2 Å². The van der Waals surface area contributed by atoms with Gasteiger partial charge in [-0.1, -0.05) is 0 Å². The number of hydrogen-bond acceptors (Lipinski definition) is 5. The van der Waals surface area contributed by atoms with Gasteiger partial charge in [-0.15, -0.1) is 11.3 Å². The first kappa shape index (κ1) is 13.1. The van der Waals surface area contributed by atoms with E-state index in [-0.39, 0.29) is 5.56 Å². The average molecular weight is 284 g/mol. The first-order chi connectivity index (χ1) is 9.05. The van der Waals surface area contributed by atoms with E-state index < -0.39 is 17.4 Å². The minimum absolute atomic E-state index is 0.205. The van der Waals surface area contributed by atoms with Crippen molar-refractivity contribution < 1.29 is 24.5 Å². The van der Waals surface area contributed by atoms with Crippen LogP contribution in [0.5, 0.6) is 0 Å². The zero-order chi connectivity index (χ0) is 13.5. The van der Waals surface area contributed by atoms with E-state index in [4.69, 9.17) is 14.6 Å². The average Bonchev–Trinajstić information content (AvgIpc) is 3.04. The van der Waals surface area contributed by atoms with Gasteiger partial charge in [0.25, 0.3) is 0 Å². The molecule has 19 heavy (non-hydrogen) atoms. The highest BCUT2D eigenvalue weighted by Crippen LogP contribution is 2.47. The van der Waals surface area contributed by atoms with E-state index in [1.165, 1.54) is 11.3 Å². The van der Waals surface area contributed by atoms with Gasteiger partial charge in [0, 0.05) is 12.8 Å². The number of hydrogen-bond donors (Lipinski definition) is 2. The zero-order valence-corrected chi connectivity index (χ0v) is 11.2. The highest BCUT2D eigenvalue weighted by atomic mass is 32.1. The molecule has 1 saturated carbocycles. The first-order valence-electron chi connectivity index (χ1n) is 6.36. The number of rotatable bonds is 2. The molecule has 1 aliphatic carbocycles. The Hall–Kier alpha value is -0.950. The fourth-order valence-corrected chi connectivity index (χ4v) is 3.94. The van der Waals surface area contributed by atoms with Crippen molar-refractivity contribution >= 4 is 17.3 Å². The second-order valence-corrected chi connectivity index (χ2v) is 6.02. The molecule has 0 unspecified atom stereocenters. The Bertz CT molecular complexity index is 479. The molecule has 2 aliphatic rings. The summed E-state index contributed by atoms with van der Waals surface area (Å²) in [5.74, 6) is -1.54. The third kappa shape index (κ3) is 2.18. The van der Waals surface area contributed by atoms with Crippen LogP contribution in [0, 0.1) is 0 Å². The van der Waals surface area contributed by atoms with E-state index in [0.717, 1.165) is 0 Å². The van der Waals surface area contributed by atoms with E-state index >= 15 is 0 Å². The molecular weight excluding hydrogens is 268 g/mol. The normalized spacial score (nSPS) is 24.7. The molecule has 2 fully saturated rings. The number of carboxylic acid groups (broad SMARTS) is 1. The molecule has 1 aromatic heterocycles. The molecule has 2 N–H and O–H groups in total. The second kappa shape index (κ2) is 4.56. The second-order valence-electron chi connectivity index (χ2n) is 5.11. The molecule has 3 rings (SSSR count). The molecule has 1 aromatic rings. The van der Waals surface area contributed by atoms with Crippen LogP contribution < -0.4 is 0 Å². The smallest absolute Gasteiger partial charge is 0.336 e. The number of thiophene rings is 1. The van der Waals surface area contributed by atoms with Crippen molar-refractivity contribution in [2.45, 2.75) is 37.1 Å². The van der Waals surface area contributed by atoms with Crippen LogP contribution in [0.15, 0.2) is 11.4 Å². The summed E-state index contributed by atoms with van der Waals surface area (Å²) in [4.78, 5) is 11.7. The van der Waals surface area contributed by atoms with Crippen molar-refractivity contribution in [3.63, 3.8) is 0 Å². The molecule has 0 amide bonds. The van der Waals surface area contributed by atoms with Gasteiger partial charge in [0.05, 0.1) is 23.7 Å². The standard InChI is InChI=1S/C13H16O5S/c14-11(15)9-1-8-19-10(9)12(16)2-4-13(5-3-12)17-6-7-18-13/h1,8,16H,2-7H2,(H,14,15). The van der Waals surface area contributed by atoms with Crippen LogP contribution in [-0.4, -0.2) is 35.2 Å². The summed E-state index contributed by atoms with van der Waals surface area (Å²) in [6, 6.07) is 1.55. The predicted molar refractivity (Wildman–Crippen MR) is 68.3 cm³/mol. The van der Waals surface area contributed by atoms with E-state index in [2.05, 4.69) is 0 Å². The molecule has 1 spiro atoms. The predicted octanol–water partition coefficient (Wildman–Crippen LogP) is 1.95. The molecule has 6 heteroatoms. The molecule has 0 radical (unpaired) electrons. The maximum Gasteiger partial charge on any atom is 0.336 e. The van der Waals surface area contributed by atoms with Crippen molar-refractivity contribution in [2.24, 2.45) is 0 Å². The maximum atomic E-state index is 11.2. The summed E-state index contributed by atoms with van der Waals surface area (Å²) in [5, 5.41) is 21.6. The van der Waals surface area contributed by atoms with Crippen LogP contribution in [0.4, 0.5) is 0 Å². The van der Waals surface area contributed by atoms with Crippen molar-refractivity contribution in [1.29, 1.82) is 0 Å². The van der Waals surface area contributed by atoms with Gasteiger partial charge in [0.1, 0.15) is 5.60 Å². The Morgan fingerprint density at radius 1 is 1.21 bits per heavy atom. The third-order valence-electron chi connectivity index (χ3n) is 3.97. The summed E-state index contributed by atoms with van der Waals surface area (Å²) in [5.41, 5.74) is -0.862. The minimum atomic E-state index is -1.07. The van der Waals surface area contributed by atoms with Gasteiger partial charge < -0.3 is 19.7 Å². The number of ether oxygens (including phenoxy) is 2. The van der Waals surface area contributed by atoms with Crippen molar-refractivity contribution in [1.82, 2.24) is 0 Å². The lowest BCUT2D eigenvalue weighted by atomic mass is 9.79. The van der Waals surface area contributed by atoms with Gasteiger partial charge in [-0.3, -0.25) is 0 Å². The fourth-order valence-electron chi connectivity index (χ4n) is 2.90. The van der Waals surface area contributed by atoms with Crippen LogP contribution in [0.1, 0.15) is 40.9 Å². The van der Waals surface area contributed by atoms with E-state index in [9.17, 15) is 9.90 Å². The highest BCUT2D eigenvalue weighted by Gasteiger charge is 2.47. The summed E-state index contributed by atoms with van der Waals surface area (Å²) < 4.78 is 11.2. The zero-order valence-electron chi connectivity index (χ0n) is 10.4. The van der Waals surface area contributed by atoms with Gasteiger partial charge in [0.2, 0.25) is 0 Å². The lowest BCUT2D eigenvalue weighted by Crippen LogP contribution is -2.42. The molecule has 1 aliphatic heterocycles. The van der Waals surface area contributed by atoms with Crippen LogP contribution in [0.3, 0.4) is 0 Å². The largest absolute Gasteiger partial charge is 0.478 e. The Balaban J connectivity index is 1.81. The molecule has 0 bridgehead atoms. The van der Waals surface area contributed by atoms with Crippen LogP contribution in [0.25, 0.3) is 0 Å². The first-order valence-corrected chi connectivity index (χ1v) is 7.24. The number of carbonyl (C=O) groups is 1. The van der Waals surface area contributed by atoms with Gasteiger partial charge >= 0.3 is 5.97 Å². The monoisotopic (exact) mass is 284 g/mol. The highest BCUT2D eigenvalue weighted by molar-refractivity contribution is 7.10. The van der Waals surface area contributed by atoms with Gasteiger partial charge in [-0.25, -0.2) is 4.79 Å². The van der Waals surface area contributed by atoms with Crippen LogP contribution in [0.2, 0.25) is 0 Å². The fraction of sp³-hybridized carbons (Fsp3) is 0.615.